The minimum atomic E-state index is 0.448. The quantitative estimate of drug-likeness (QED) is 0.469. The summed E-state index contributed by atoms with van der Waals surface area (Å²) in [6.45, 7) is 4.46. The fourth-order valence-corrected chi connectivity index (χ4v) is 3.65. The van der Waals surface area contributed by atoms with E-state index in [0.717, 1.165) is 40.2 Å². The van der Waals surface area contributed by atoms with E-state index in [4.69, 9.17) is 11.6 Å². The van der Waals surface area contributed by atoms with Crippen molar-refractivity contribution < 1.29 is 0 Å². The number of nitrogens with zero attached hydrogens (tertiary/aromatic N) is 5. The highest BCUT2D eigenvalue weighted by atomic mass is 35.5. The summed E-state index contributed by atoms with van der Waals surface area (Å²) in [7, 11) is 0. The van der Waals surface area contributed by atoms with Gasteiger partial charge in [0, 0.05) is 24.1 Å². The summed E-state index contributed by atoms with van der Waals surface area (Å²) in [5.74, 6) is 2.09. The molecule has 25 heavy (non-hydrogen) atoms. The second-order valence-electron chi connectivity index (χ2n) is 5.83. The second-order valence-corrected chi connectivity index (χ2v) is 7.21. The van der Waals surface area contributed by atoms with Gasteiger partial charge in [-0.05, 0) is 24.6 Å². The van der Waals surface area contributed by atoms with Crippen molar-refractivity contribution in [1.29, 1.82) is 0 Å². The fourth-order valence-electron chi connectivity index (χ4n) is 2.54. The molecule has 2 aromatic heterocycles. The Kier molecular flexibility index (Phi) is 4.55. The van der Waals surface area contributed by atoms with Gasteiger partial charge in [0.2, 0.25) is 0 Å². The maximum Gasteiger partial charge on any atom is 0.198 e. The zero-order valence-corrected chi connectivity index (χ0v) is 15.0. The molecule has 1 saturated carbocycles. The van der Waals surface area contributed by atoms with Crippen LogP contribution in [0.2, 0.25) is 5.15 Å². The van der Waals surface area contributed by atoms with Crippen molar-refractivity contribution in [3.63, 3.8) is 0 Å². The molecular formula is C18H16ClN5S. The molecule has 0 N–H and O–H groups in total. The molecule has 1 fully saturated rings. The molecule has 5 nitrogen and oxygen atoms in total. The van der Waals surface area contributed by atoms with E-state index in [-0.39, 0.29) is 0 Å². The van der Waals surface area contributed by atoms with Gasteiger partial charge in [-0.2, -0.15) is 0 Å². The van der Waals surface area contributed by atoms with Gasteiger partial charge in [-0.3, -0.25) is 4.57 Å². The van der Waals surface area contributed by atoms with E-state index < -0.39 is 0 Å². The van der Waals surface area contributed by atoms with E-state index in [1.54, 1.807) is 6.07 Å². The zero-order valence-electron chi connectivity index (χ0n) is 13.5. The van der Waals surface area contributed by atoms with Crippen LogP contribution in [0, 0.1) is 0 Å². The second kappa shape index (κ2) is 6.98. The minimum Gasteiger partial charge on any atom is -0.298 e. The standard InChI is InChI=1S/C18H16ClN5S/c1-2-10-24-17(13-6-4-3-5-7-13)22-23-18(24)25-15-11-14(19)20-16(21-15)12-8-9-12/h2-7,11-12H,1,8-10H2. The van der Waals surface area contributed by atoms with Crippen molar-refractivity contribution in [3.05, 3.63) is 60.0 Å². The Morgan fingerprint density at radius 2 is 2.00 bits per heavy atom. The van der Waals surface area contributed by atoms with Gasteiger partial charge in [0.05, 0.1) is 0 Å². The van der Waals surface area contributed by atoms with Gasteiger partial charge in [0.25, 0.3) is 0 Å². The van der Waals surface area contributed by atoms with Gasteiger partial charge < -0.3 is 0 Å². The molecule has 1 aliphatic carbocycles. The van der Waals surface area contributed by atoms with E-state index in [2.05, 4.69) is 26.7 Å². The molecule has 4 rings (SSSR count). The van der Waals surface area contributed by atoms with Gasteiger partial charge in [0.15, 0.2) is 11.0 Å². The monoisotopic (exact) mass is 369 g/mol. The first-order valence-corrected chi connectivity index (χ1v) is 9.26. The van der Waals surface area contributed by atoms with Crippen LogP contribution in [0.3, 0.4) is 0 Å². The van der Waals surface area contributed by atoms with E-state index in [9.17, 15) is 0 Å². The Hall–Kier alpha value is -2.18. The SMILES string of the molecule is C=CCn1c(Sc2cc(Cl)nc(C3CC3)n2)nnc1-c1ccccc1. The number of aromatic nitrogens is 5. The van der Waals surface area contributed by atoms with Crippen LogP contribution in [-0.2, 0) is 6.54 Å². The van der Waals surface area contributed by atoms with Crippen molar-refractivity contribution >= 4 is 23.4 Å². The van der Waals surface area contributed by atoms with Crippen LogP contribution in [0.4, 0.5) is 0 Å². The predicted molar refractivity (Wildman–Crippen MR) is 98.8 cm³/mol. The van der Waals surface area contributed by atoms with E-state index in [0.29, 0.717) is 17.6 Å². The number of allylic oxidation sites excluding steroid dienone is 1. The molecule has 0 aliphatic heterocycles. The van der Waals surface area contributed by atoms with Crippen molar-refractivity contribution in [2.45, 2.75) is 35.5 Å². The number of benzene rings is 1. The van der Waals surface area contributed by atoms with Gasteiger partial charge in [-0.15, -0.1) is 16.8 Å². The molecule has 1 aliphatic rings. The van der Waals surface area contributed by atoms with Crippen molar-refractivity contribution in [2.75, 3.05) is 0 Å². The molecule has 0 amide bonds. The smallest absolute Gasteiger partial charge is 0.198 e. The first-order chi connectivity index (χ1) is 12.2. The maximum absolute atomic E-state index is 6.17. The summed E-state index contributed by atoms with van der Waals surface area (Å²) >= 11 is 7.62. The van der Waals surface area contributed by atoms with Gasteiger partial charge in [-0.25, -0.2) is 9.97 Å². The largest absolute Gasteiger partial charge is 0.298 e. The first kappa shape index (κ1) is 16.3. The first-order valence-electron chi connectivity index (χ1n) is 8.06. The molecule has 126 valence electrons. The summed E-state index contributed by atoms with van der Waals surface area (Å²) in [4.78, 5) is 8.97. The number of halogens is 1. The molecule has 7 heteroatoms. The van der Waals surface area contributed by atoms with Crippen LogP contribution in [0.15, 0.2) is 59.2 Å². The molecule has 1 aromatic carbocycles. The molecule has 0 saturated heterocycles. The third kappa shape index (κ3) is 3.60. The van der Waals surface area contributed by atoms with Crippen molar-refractivity contribution in [2.24, 2.45) is 0 Å². The highest BCUT2D eigenvalue weighted by Crippen LogP contribution is 2.39. The summed E-state index contributed by atoms with van der Waals surface area (Å²) in [6, 6.07) is 11.8. The minimum absolute atomic E-state index is 0.448. The Labute approximate surface area is 155 Å². The molecule has 0 atom stereocenters. The number of rotatable bonds is 6. The lowest BCUT2D eigenvalue weighted by Gasteiger charge is -2.08. The van der Waals surface area contributed by atoms with E-state index in [1.807, 2.05) is 41.0 Å². The van der Waals surface area contributed by atoms with Gasteiger partial charge in [-0.1, -0.05) is 48.0 Å². The third-order valence-corrected chi connectivity index (χ3v) is 4.98. The van der Waals surface area contributed by atoms with Crippen LogP contribution in [0.25, 0.3) is 11.4 Å². The molecule has 0 bridgehead atoms. The zero-order chi connectivity index (χ0) is 17.2. The lowest BCUT2D eigenvalue weighted by molar-refractivity contribution is 0.729. The summed E-state index contributed by atoms with van der Waals surface area (Å²) in [5, 5.41) is 10.7. The normalized spacial score (nSPS) is 13.8. The number of hydrogen-bond donors (Lipinski definition) is 0. The van der Waals surface area contributed by atoms with Crippen molar-refractivity contribution in [3.8, 4) is 11.4 Å². The van der Waals surface area contributed by atoms with Crippen LogP contribution in [0.5, 0.6) is 0 Å². The van der Waals surface area contributed by atoms with Crippen LogP contribution < -0.4 is 0 Å². The summed E-state index contributed by atoms with van der Waals surface area (Å²) < 4.78 is 2.03. The average Bonchev–Trinajstić information content (AvgIpc) is 3.40. The Bertz CT molecular complexity index is 905. The maximum atomic E-state index is 6.17. The number of hydrogen-bond acceptors (Lipinski definition) is 5. The lowest BCUT2D eigenvalue weighted by atomic mass is 10.2. The predicted octanol–water partition coefficient (Wildman–Crippen LogP) is 4.60. The molecule has 2 heterocycles. The topological polar surface area (TPSA) is 56.5 Å². The summed E-state index contributed by atoms with van der Waals surface area (Å²) in [6.07, 6.45) is 4.10. The van der Waals surface area contributed by atoms with Crippen molar-refractivity contribution in [1.82, 2.24) is 24.7 Å². The van der Waals surface area contributed by atoms with E-state index >= 15 is 0 Å². The molecule has 3 aromatic rings. The highest BCUT2D eigenvalue weighted by molar-refractivity contribution is 7.99. The van der Waals surface area contributed by atoms with Gasteiger partial charge in [0.1, 0.15) is 16.0 Å². The van der Waals surface area contributed by atoms with Crippen LogP contribution in [-0.4, -0.2) is 24.7 Å². The lowest BCUT2D eigenvalue weighted by Crippen LogP contribution is -2.01. The Morgan fingerprint density at radius 3 is 2.72 bits per heavy atom. The van der Waals surface area contributed by atoms with Crippen LogP contribution >= 0.6 is 23.4 Å². The molecular weight excluding hydrogens is 354 g/mol. The molecule has 0 spiro atoms. The fraction of sp³-hybridized carbons (Fsp3) is 0.222. The Balaban J connectivity index is 1.69. The molecule has 0 radical (unpaired) electrons. The van der Waals surface area contributed by atoms with E-state index in [1.165, 1.54) is 11.8 Å². The Morgan fingerprint density at radius 1 is 1.20 bits per heavy atom. The van der Waals surface area contributed by atoms with Crippen LogP contribution in [0.1, 0.15) is 24.6 Å². The third-order valence-electron chi connectivity index (χ3n) is 3.89. The molecule has 0 unspecified atom stereocenters. The summed E-state index contributed by atoms with van der Waals surface area (Å²) in [5.41, 5.74) is 1.02. The average molecular weight is 370 g/mol. The van der Waals surface area contributed by atoms with Gasteiger partial charge >= 0.3 is 0 Å². The highest BCUT2D eigenvalue weighted by Gasteiger charge is 2.27.